The summed E-state index contributed by atoms with van der Waals surface area (Å²) in [5, 5.41) is 30.4. The molecule has 0 spiro atoms. The first-order valence-electron chi connectivity index (χ1n) is 45.4. The maximum atomic E-state index is 11.7. The minimum atomic E-state index is -10.7. The van der Waals surface area contributed by atoms with Crippen molar-refractivity contribution in [1.82, 2.24) is 119 Å². The number of hydrogen-bond donors (Lipinski definition) is 5. The summed E-state index contributed by atoms with van der Waals surface area (Å²) in [5.74, 6) is 4.47. The van der Waals surface area contributed by atoms with Gasteiger partial charge in [-0.3, -0.25) is 28.8 Å². The van der Waals surface area contributed by atoms with E-state index < -0.39 is 24.6 Å². The Kier molecular flexibility index (Phi) is 39.8. The van der Waals surface area contributed by atoms with Crippen LogP contribution in [0.15, 0.2) is 179 Å². The number of nitrogens with zero attached hydrogens (tertiary/aromatic N) is 24. The number of esters is 2. The fourth-order valence-electron chi connectivity index (χ4n) is 16.1. The topological polar surface area (TPSA) is 489 Å². The Hall–Kier alpha value is -13.8. The van der Waals surface area contributed by atoms with E-state index >= 15 is 0 Å². The molecule has 11 heterocycles. The molecule has 46 heteroatoms. The van der Waals surface area contributed by atoms with E-state index in [-0.39, 0.29) is 76.5 Å². The maximum absolute atomic E-state index is 11.7. The van der Waals surface area contributed by atoms with Crippen LogP contribution in [-0.2, 0) is 57.9 Å². The van der Waals surface area contributed by atoms with Crippen molar-refractivity contribution >= 4 is 76.6 Å². The van der Waals surface area contributed by atoms with Gasteiger partial charge in [0.15, 0.2) is 17.5 Å². The van der Waals surface area contributed by atoms with Crippen molar-refractivity contribution in [2.24, 2.45) is 17.8 Å². The molecular formula is C97H130BrF6N28O10P. The fraction of sp³-hybridized carbons (Fsp3) is 0.443. The van der Waals surface area contributed by atoms with Crippen LogP contribution in [0.4, 0.5) is 43.0 Å². The summed E-state index contributed by atoms with van der Waals surface area (Å²) < 4.78 is 97.2. The number of nitrogens with two attached hydrogens (primary N) is 3. The Morgan fingerprint density at radius 1 is 0.552 bits per heavy atom. The molecule has 772 valence electrons. The number of alkyl halides is 1. The summed E-state index contributed by atoms with van der Waals surface area (Å²) >= 11 is 2.94. The second-order valence-corrected chi connectivity index (χ2v) is 37.4. The minimum absolute atomic E-state index is 0. The first-order chi connectivity index (χ1) is 66.4. The third-order valence-corrected chi connectivity index (χ3v) is 24.1. The molecule has 0 amide bonds. The number of pyridine rings is 1. The van der Waals surface area contributed by atoms with E-state index in [9.17, 15) is 39.6 Å². The molecule has 3 aromatic carbocycles. The van der Waals surface area contributed by atoms with Crippen LogP contribution in [-0.4, -0.2) is 231 Å². The molecule has 0 aliphatic heterocycles. The van der Waals surface area contributed by atoms with Crippen molar-refractivity contribution in [1.29, 1.82) is 0 Å². The Labute approximate surface area is 835 Å². The van der Waals surface area contributed by atoms with Gasteiger partial charge in [-0.05, 0) is 183 Å². The second kappa shape index (κ2) is 49.7. The van der Waals surface area contributed by atoms with Gasteiger partial charge < -0.3 is 64.2 Å². The number of aromatic amines is 1. The number of carboxylic acid groups (broad SMARTS) is 1. The van der Waals surface area contributed by atoms with Gasteiger partial charge in [0.2, 0.25) is 23.5 Å². The van der Waals surface area contributed by atoms with Crippen molar-refractivity contribution in [3.8, 4) is 68.1 Å². The van der Waals surface area contributed by atoms with Crippen LogP contribution in [0.2, 0.25) is 0 Å². The predicted molar refractivity (Wildman–Crippen MR) is 538 cm³/mol. The van der Waals surface area contributed by atoms with Crippen LogP contribution >= 0.6 is 23.7 Å². The van der Waals surface area contributed by atoms with Crippen LogP contribution in [0.25, 0.3) is 79.3 Å². The number of anilines is 3. The van der Waals surface area contributed by atoms with Crippen molar-refractivity contribution < 1.29 is 77.0 Å². The van der Waals surface area contributed by atoms with Gasteiger partial charge in [0, 0.05) is 96.9 Å². The first-order valence-corrected chi connectivity index (χ1v) is 48.5. The first kappa shape index (κ1) is 114. The quantitative estimate of drug-likeness (QED) is 0.00639. The Balaban J connectivity index is 0.000000214. The monoisotopic (exact) mass is 2070 g/mol. The van der Waals surface area contributed by atoms with Crippen molar-refractivity contribution in [3.05, 3.63) is 200 Å². The normalized spacial score (nSPS) is 14.8. The molecule has 4 fully saturated rings. The molecule has 8 N–H and O–H groups in total. The fourth-order valence-corrected chi connectivity index (χ4v) is 16.2. The van der Waals surface area contributed by atoms with E-state index in [0.29, 0.717) is 95.1 Å². The van der Waals surface area contributed by atoms with Gasteiger partial charge >= 0.3 is 56.9 Å². The second-order valence-electron chi connectivity index (χ2n) is 34.9. The van der Waals surface area contributed by atoms with E-state index in [2.05, 4.69) is 220 Å². The summed E-state index contributed by atoms with van der Waals surface area (Å²) in [6.45, 7) is 23.0. The molecular weight excluding hydrogens is 1940 g/mol. The molecule has 0 radical (unpaired) electrons. The van der Waals surface area contributed by atoms with Gasteiger partial charge in [0.1, 0.15) is 41.0 Å². The average Bonchev–Trinajstić information content (AvgIpc) is 1.57. The summed E-state index contributed by atoms with van der Waals surface area (Å²) in [7, 11) is -1.000. The van der Waals surface area contributed by atoms with E-state index in [1.165, 1.54) is 36.6 Å². The number of H-pyrrole nitrogens is 1. The molecule has 3 atom stereocenters. The van der Waals surface area contributed by atoms with E-state index in [1.807, 2.05) is 74.1 Å². The van der Waals surface area contributed by atoms with E-state index in [1.54, 1.807) is 105 Å². The number of halogens is 7. The number of aromatic nitrogens is 22. The number of aliphatic carboxylic acids is 1. The van der Waals surface area contributed by atoms with Crippen molar-refractivity contribution in [3.63, 3.8) is 0 Å². The molecule has 4 aliphatic carbocycles. The number of benzene rings is 3. The zero-order chi connectivity index (χ0) is 102. The Morgan fingerprint density at radius 3 is 1.24 bits per heavy atom. The molecule has 11 aromatic heterocycles. The van der Waals surface area contributed by atoms with E-state index in [0.717, 1.165) is 118 Å². The third-order valence-electron chi connectivity index (χ3n) is 23.6. The summed E-state index contributed by atoms with van der Waals surface area (Å²) in [5.41, 5.74) is 28.0. The summed E-state index contributed by atoms with van der Waals surface area (Å²) in [6.07, 6.45) is 34.2. The van der Waals surface area contributed by atoms with Crippen LogP contribution < -0.4 is 17.2 Å². The Morgan fingerprint density at radius 2 is 0.930 bits per heavy atom. The number of rotatable bonds is 26. The number of carbonyl (C=O) groups excluding carboxylic acids is 2. The van der Waals surface area contributed by atoms with Gasteiger partial charge in [0.25, 0.3) is 17.7 Å². The molecule has 143 heavy (non-hydrogen) atoms. The molecule has 14 aromatic rings. The zero-order valence-corrected chi connectivity index (χ0v) is 83.0. The number of ether oxygens (including phenoxy) is 3. The molecule has 18 rings (SSSR count). The molecule has 4 aliphatic rings. The van der Waals surface area contributed by atoms with Crippen molar-refractivity contribution in [2.45, 2.75) is 203 Å². The standard InChI is InChI=1S/C24H25N7O3.C22H21N7O3.C20H19N7O.C10H15N6.C8H19N.C6H12O.C4H7BrO2.3CH4.F6P/c1-3-33-20(32)13-31-12-19(28-14-31)21-29-22(30-34-21)24(2,18-8-9-18)17-6-4-15(5-7-17)16-10-26-23(25)27-11-16;1-22(16-6-7-16,15-4-2-13(3-5-15)14-8-24-21(23)25-9-14)20-27-19(32-28-20)17-10-29(12-26-17)11-18(30)31;1-20(15-6-7-15,18-26-17(28-27-18)16-10-22-11-25-16)14-4-2-12(3-5-14)13-8-23-19(21)24-9-13;1-14(2)10(15(3)4)16-9-8(12-13-16)6-5-7-11-9;1-6-9(7(2)3)8(4)5;1-7-6-4-2-3-5-6;1-2-7-4(6)3-5;;;;1-7(2,3,4,5)6/h4-7,10-12,14,18H,3,8-9,13H2,1-2H3,(H2,25,26,27);2-5,8-10,12,16H,6-7,11H2,1H3,(H,30,31)(H2,23,24,25);2-5,8-11,15H,6-7H2,1H3,(H,22,25)(H2,21,23,24);5-7H,1-4H3;7-8H,6H2,1-5H3;6H,2-5H2,1H3;2-3H2,1H3;3*1H4;/q;;;+1;;;;;;;-1/t24-;22-;20-;;;;;;;;/m000......../s1. The van der Waals surface area contributed by atoms with Gasteiger partial charge in [0.05, 0.1) is 88.9 Å². The van der Waals surface area contributed by atoms with Crippen LogP contribution in [0.1, 0.15) is 190 Å². The van der Waals surface area contributed by atoms with Gasteiger partial charge in [-0.15, -0.1) is 5.10 Å². The number of imidazole rings is 3. The van der Waals surface area contributed by atoms with Crippen molar-refractivity contribution in [2.75, 3.05) is 77.6 Å². The van der Waals surface area contributed by atoms with E-state index in [4.69, 9.17) is 50.3 Å². The summed E-state index contributed by atoms with van der Waals surface area (Å²) in [6, 6.07) is 30.0. The van der Waals surface area contributed by atoms with Gasteiger partial charge in [-0.25, -0.2) is 49.8 Å². The van der Waals surface area contributed by atoms with Gasteiger partial charge in [-0.1, -0.05) is 151 Å². The molecule has 0 bridgehead atoms. The predicted octanol–water partition coefficient (Wildman–Crippen LogP) is 19.0. The number of nitrogens with one attached hydrogen (secondary N) is 1. The van der Waals surface area contributed by atoms with Gasteiger partial charge in [-0.2, -0.15) is 15.0 Å². The van der Waals surface area contributed by atoms with Crippen LogP contribution in [0, 0.1) is 17.8 Å². The number of fused-ring (bicyclic) bond motifs is 1. The van der Waals surface area contributed by atoms with Crippen LogP contribution in [0.5, 0.6) is 0 Å². The number of carbonyl (C=O) groups is 3. The SMILES string of the molecule is C.C.C.CCN(C(C)C)C(C)C.CCOC(=O)CBr.CCOC(=O)Cn1cnc(-c2nc([C@@](C)(c3ccc(-c4cnc(N)nc4)cc3)C3CC3)no2)c1.CN(C)C(n1nnc2cccnc21)=[N+](C)C.COC1CCCC1.C[C@@](c1ccc(-c2cnc(N)nc2)cc1)(c1noc(-c2cn(CC(=O)O)cn2)n1)C1CC1.C[C@@](c1ccc(-c2cnc(N)nc2)cc1)(c1noc(-c2cnc[nH]2)n1)C1CC1.F[P-](F)(F)(F)(F)F. The number of hydrogen-bond acceptors (Lipinski definition) is 31. The summed E-state index contributed by atoms with van der Waals surface area (Å²) in [4.78, 5) is 95.4. The average molecular weight is 2070 g/mol. The molecule has 38 nitrogen and oxygen atoms in total. The molecule has 0 unspecified atom stereocenters. The zero-order valence-electron chi connectivity index (χ0n) is 80.5. The third kappa shape index (κ3) is 32.1. The number of carboxylic acids is 1. The number of nitrogen functional groups attached to an aromatic ring is 3. The number of methoxy groups -OCH3 is 1. The van der Waals surface area contributed by atoms with Crippen LogP contribution in [0.3, 0.4) is 0 Å². The molecule has 0 saturated heterocycles. The Bertz CT molecular complexity index is 6340. The molecule has 4 saturated carbocycles.